The highest BCUT2D eigenvalue weighted by Crippen LogP contribution is 2.38. The number of benzene rings is 2. The van der Waals surface area contributed by atoms with Gasteiger partial charge in [-0.1, -0.05) is 58.4 Å². The van der Waals surface area contributed by atoms with Gasteiger partial charge in [-0.3, -0.25) is 0 Å². The maximum atomic E-state index is 5.12. The molecule has 2 aromatic carbocycles. The zero-order valence-corrected chi connectivity index (χ0v) is 14.3. The molecule has 0 bridgehead atoms. The number of ether oxygens (including phenoxy) is 1. The molecule has 1 nitrogen and oxygen atoms in total. The van der Waals surface area contributed by atoms with Gasteiger partial charge in [0.05, 0.1) is 11.4 Å². The molecule has 0 radical (unpaired) electrons. The zero-order chi connectivity index (χ0) is 14.7. The molecule has 0 aliphatic carbocycles. The van der Waals surface area contributed by atoms with Crippen LogP contribution in [-0.4, -0.2) is 13.7 Å². The van der Waals surface area contributed by atoms with Gasteiger partial charge in [0, 0.05) is 16.7 Å². The molecule has 1 atom stereocenters. The molecule has 0 saturated carbocycles. The number of methoxy groups -OCH3 is 1. The molecular formula is C18H17BrOS. The molecule has 0 spiro atoms. The maximum absolute atomic E-state index is 5.12. The molecule has 1 unspecified atom stereocenters. The highest BCUT2D eigenvalue weighted by Gasteiger charge is 2.13. The molecule has 0 aliphatic rings. The Kier molecular flexibility index (Phi) is 4.73. The summed E-state index contributed by atoms with van der Waals surface area (Å²) in [6, 6.07) is 19.6. The summed E-state index contributed by atoms with van der Waals surface area (Å²) in [5.74, 6) is 0. The fraction of sp³-hybridized carbons (Fsp3) is 0.222. The predicted octanol–water partition coefficient (Wildman–Crippen LogP) is 5.57. The van der Waals surface area contributed by atoms with E-state index in [1.807, 2.05) is 11.3 Å². The minimum absolute atomic E-state index is 0.256. The summed E-state index contributed by atoms with van der Waals surface area (Å²) in [6.45, 7) is 0.771. The molecule has 0 fully saturated rings. The van der Waals surface area contributed by atoms with E-state index >= 15 is 0 Å². The quantitative estimate of drug-likeness (QED) is 0.540. The van der Waals surface area contributed by atoms with Gasteiger partial charge in [0.1, 0.15) is 0 Å². The molecule has 108 valence electrons. The van der Waals surface area contributed by atoms with Crippen LogP contribution in [0.1, 0.15) is 20.8 Å². The van der Waals surface area contributed by atoms with E-state index in [-0.39, 0.29) is 4.83 Å². The Morgan fingerprint density at radius 1 is 1.10 bits per heavy atom. The van der Waals surface area contributed by atoms with Gasteiger partial charge >= 0.3 is 0 Å². The van der Waals surface area contributed by atoms with Crippen LogP contribution in [0.25, 0.3) is 10.1 Å². The number of thiophene rings is 1. The molecule has 0 saturated heterocycles. The normalized spacial score (nSPS) is 12.7. The Labute approximate surface area is 137 Å². The number of rotatable bonds is 5. The Morgan fingerprint density at radius 2 is 1.86 bits per heavy atom. The monoisotopic (exact) mass is 360 g/mol. The third-order valence-electron chi connectivity index (χ3n) is 3.56. The number of halogens is 1. The van der Waals surface area contributed by atoms with Crippen molar-refractivity contribution >= 4 is 37.4 Å². The molecule has 3 heteroatoms. The van der Waals surface area contributed by atoms with Crippen LogP contribution in [0.3, 0.4) is 0 Å². The van der Waals surface area contributed by atoms with E-state index in [0.717, 1.165) is 13.0 Å². The van der Waals surface area contributed by atoms with E-state index in [4.69, 9.17) is 4.74 Å². The molecule has 0 aliphatic heterocycles. The van der Waals surface area contributed by atoms with Crippen molar-refractivity contribution in [3.05, 3.63) is 70.6 Å². The molecule has 0 amide bonds. The molecule has 3 aromatic rings. The minimum atomic E-state index is 0.256. The molecule has 0 N–H and O–H groups in total. The van der Waals surface area contributed by atoms with Crippen molar-refractivity contribution < 1.29 is 4.74 Å². The first-order valence-electron chi connectivity index (χ1n) is 6.98. The largest absolute Gasteiger partial charge is 0.384 e. The lowest BCUT2D eigenvalue weighted by atomic mass is 10.1. The van der Waals surface area contributed by atoms with E-state index in [9.17, 15) is 0 Å². The van der Waals surface area contributed by atoms with Crippen molar-refractivity contribution in [2.24, 2.45) is 0 Å². The molecule has 21 heavy (non-hydrogen) atoms. The minimum Gasteiger partial charge on any atom is -0.384 e. The SMILES string of the molecule is COCCc1ccc(C(Br)c2cc3ccccc3s2)cc1. The Balaban J connectivity index is 1.82. The van der Waals surface area contributed by atoms with Crippen LogP contribution in [0, 0.1) is 0 Å². The van der Waals surface area contributed by atoms with E-state index < -0.39 is 0 Å². The fourth-order valence-corrected chi connectivity index (χ4v) is 4.15. The van der Waals surface area contributed by atoms with Gasteiger partial charge in [0.25, 0.3) is 0 Å². The van der Waals surface area contributed by atoms with Gasteiger partial charge in [-0.25, -0.2) is 0 Å². The van der Waals surface area contributed by atoms with Crippen molar-refractivity contribution in [1.29, 1.82) is 0 Å². The summed E-state index contributed by atoms with van der Waals surface area (Å²) in [6.07, 6.45) is 0.965. The lowest BCUT2D eigenvalue weighted by Crippen LogP contribution is -1.95. The lowest BCUT2D eigenvalue weighted by Gasteiger charge is -2.09. The van der Waals surface area contributed by atoms with Gasteiger partial charge in [0.2, 0.25) is 0 Å². The third-order valence-corrected chi connectivity index (χ3v) is 6.07. The summed E-state index contributed by atoms with van der Waals surface area (Å²) < 4.78 is 6.46. The Hall–Kier alpha value is -1.16. The first-order valence-corrected chi connectivity index (χ1v) is 8.71. The van der Waals surface area contributed by atoms with Crippen molar-refractivity contribution in [2.45, 2.75) is 11.2 Å². The highest BCUT2D eigenvalue weighted by molar-refractivity contribution is 9.09. The van der Waals surface area contributed by atoms with Gasteiger partial charge in [0.15, 0.2) is 0 Å². The van der Waals surface area contributed by atoms with Crippen LogP contribution in [0.4, 0.5) is 0 Å². The van der Waals surface area contributed by atoms with Crippen LogP contribution in [-0.2, 0) is 11.2 Å². The predicted molar refractivity (Wildman–Crippen MR) is 94.6 cm³/mol. The number of alkyl halides is 1. The van der Waals surface area contributed by atoms with Gasteiger partial charge in [-0.2, -0.15) is 0 Å². The van der Waals surface area contributed by atoms with E-state index in [1.54, 1.807) is 7.11 Å². The zero-order valence-electron chi connectivity index (χ0n) is 11.9. The average molecular weight is 361 g/mol. The first-order chi connectivity index (χ1) is 10.3. The average Bonchev–Trinajstić information content (AvgIpc) is 2.96. The standard InChI is InChI=1S/C18H17BrOS/c1-20-11-10-13-6-8-14(9-7-13)18(19)17-12-15-4-2-3-5-16(15)21-17/h2-9,12,18H,10-11H2,1H3. The van der Waals surface area contributed by atoms with Crippen molar-refractivity contribution in [2.75, 3.05) is 13.7 Å². The highest BCUT2D eigenvalue weighted by atomic mass is 79.9. The van der Waals surface area contributed by atoms with Gasteiger partial charge < -0.3 is 4.74 Å². The topological polar surface area (TPSA) is 9.23 Å². The number of hydrogen-bond acceptors (Lipinski definition) is 2. The Morgan fingerprint density at radius 3 is 2.57 bits per heavy atom. The lowest BCUT2D eigenvalue weighted by molar-refractivity contribution is 0.202. The van der Waals surface area contributed by atoms with E-state index in [1.165, 1.54) is 26.1 Å². The van der Waals surface area contributed by atoms with E-state index in [2.05, 4.69) is 70.5 Å². The summed E-state index contributed by atoms with van der Waals surface area (Å²) in [7, 11) is 1.74. The van der Waals surface area contributed by atoms with Crippen molar-refractivity contribution in [3.8, 4) is 0 Å². The Bertz CT molecular complexity index is 684. The first kappa shape index (κ1) is 14.8. The second-order valence-corrected chi connectivity index (χ2v) is 7.06. The molecular weight excluding hydrogens is 344 g/mol. The van der Waals surface area contributed by atoms with E-state index in [0.29, 0.717) is 0 Å². The third kappa shape index (κ3) is 3.37. The molecule has 1 heterocycles. The van der Waals surface area contributed by atoms with Crippen LogP contribution in [0.5, 0.6) is 0 Å². The van der Waals surface area contributed by atoms with Crippen molar-refractivity contribution in [3.63, 3.8) is 0 Å². The summed E-state index contributed by atoms with van der Waals surface area (Å²) >= 11 is 5.69. The smallest absolute Gasteiger partial charge is 0.0738 e. The van der Waals surface area contributed by atoms with Crippen LogP contribution >= 0.6 is 27.3 Å². The van der Waals surface area contributed by atoms with Crippen molar-refractivity contribution in [1.82, 2.24) is 0 Å². The number of fused-ring (bicyclic) bond motifs is 1. The van der Waals surface area contributed by atoms with Crippen LogP contribution in [0.15, 0.2) is 54.6 Å². The van der Waals surface area contributed by atoms with Crippen LogP contribution in [0.2, 0.25) is 0 Å². The van der Waals surface area contributed by atoms with Gasteiger partial charge in [-0.05, 0) is 35.1 Å². The second kappa shape index (κ2) is 6.73. The molecule has 3 rings (SSSR count). The summed E-state index contributed by atoms with van der Waals surface area (Å²) in [4.78, 5) is 1.60. The van der Waals surface area contributed by atoms with Crippen LogP contribution < -0.4 is 0 Å². The maximum Gasteiger partial charge on any atom is 0.0738 e. The summed E-state index contributed by atoms with van der Waals surface area (Å²) in [5, 5.41) is 1.32. The fourth-order valence-electron chi connectivity index (χ4n) is 2.36. The molecule has 1 aromatic heterocycles. The summed E-state index contributed by atoms with van der Waals surface area (Å²) in [5.41, 5.74) is 2.61. The number of hydrogen-bond donors (Lipinski definition) is 0. The second-order valence-electron chi connectivity index (χ2n) is 5.03. The van der Waals surface area contributed by atoms with Gasteiger partial charge in [-0.15, -0.1) is 11.3 Å².